The quantitative estimate of drug-likeness (QED) is 0.792. The Balaban J connectivity index is 1.63. The number of likely N-dealkylation sites (tertiary alicyclic amines) is 1. The Kier molecular flexibility index (Phi) is 6.33. The van der Waals surface area contributed by atoms with E-state index < -0.39 is 10.0 Å². The highest BCUT2D eigenvalue weighted by Crippen LogP contribution is 2.22. The third-order valence-electron chi connectivity index (χ3n) is 4.43. The van der Waals surface area contributed by atoms with Crippen molar-refractivity contribution in [1.29, 1.82) is 0 Å². The molecular weight excluding hydrogens is 386 g/mol. The van der Waals surface area contributed by atoms with Gasteiger partial charge in [0.2, 0.25) is 5.91 Å². The van der Waals surface area contributed by atoms with E-state index in [1.165, 1.54) is 30.6 Å². The van der Waals surface area contributed by atoms with Gasteiger partial charge in [0.05, 0.1) is 24.1 Å². The lowest BCUT2D eigenvalue weighted by molar-refractivity contribution is -0.130. The molecule has 146 valence electrons. The third kappa shape index (κ3) is 5.20. The first kappa shape index (κ1) is 19.6. The second kappa shape index (κ2) is 8.71. The molecule has 1 aromatic heterocycles. The molecule has 0 spiro atoms. The van der Waals surface area contributed by atoms with Gasteiger partial charge in [-0.1, -0.05) is 12.8 Å². The summed E-state index contributed by atoms with van der Waals surface area (Å²) in [5.41, 5.74) is 0.585. The summed E-state index contributed by atoms with van der Waals surface area (Å²) in [6.45, 7) is 1.58. The van der Waals surface area contributed by atoms with E-state index in [1.54, 1.807) is 17.5 Å². The lowest BCUT2D eigenvalue weighted by atomic mass is 10.2. The molecule has 1 saturated heterocycles. The number of hydrogen-bond acceptors (Lipinski definition) is 6. The number of hydrogen-bond donors (Lipinski definition) is 1. The lowest BCUT2D eigenvalue weighted by Gasteiger charge is -2.19. The van der Waals surface area contributed by atoms with Crippen LogP contribution in [-0.2, 0) is 21.2 Å². The maximum absolute atomic E-state index is 12.5. The Morgan fingerprint density at radius 2 is 1.85 bits per heavy atom. The fourth-order valence-corrected chi connectivity index (χ4v) is 4.91. The van der Waals surface area contributed by atoms with Gasteiger partial charge in [0.15, 0.2) is 5.13 Å². The van der Waals surface area contributed by atoms with Crippen LogP contribution in [0.25, 0.3) is 0 Å². The van der Waals surface area contributed by atoms with Gasteiger partial charge in [-0.25, -0.2) is 13.4 Å². The number of anilines is 1. The summed E-state index contributed by atoms with van der Waals surface area (Å²) in [4.78, 5) is 18.7. The van der Waals surface area contributed by atoms with Crippen LogP contribution < -0.4 is 9.46 Å². The highest BCUT2D eigenvalue weighted by Gasteiger charge is 2.19. The van der Waals surface area contributed by atoms with Crippen LogP contribution in [0.15, 0.2) is 34.5 Å². The Labute approximate surface area is 163 Å². The molecule has 0 atom stereocenters. The Bertz CT molecular complexity index is 870. The van der Waals surface area contributed by atoms with Crippen LogP contribution in [0.2, 0.25) is 0 Å². The van der Waals surface area contributed by atoms with Gasteiger partial charge in [-0.05, 0) is 37.1 Å². The monoisotopic (exact) mass is 409 g/mol. The van der Waals surface area contributed by atoms with Crippen molar-refractivity contribution in [2.24, 2.45) is 0 Å². The molecule has 1 amide bonds. The van der Waals surface area contributed by atoms with Gasteiger partial charge in [0.1, 0.15) is 5.75 Å². The topological polar surface area (TPSA) is 88.6 Å². The molecule has 7 nitrogen and oxygen atoms in total. The average molecular weight is 410 g/mol. The molecule has 2 aromatic rings. The number of methoxy groups -OCH3 is 1. The van der Waals surface area contributed by atoms with E-state index >= 15 is 0 Å². The Morgan fingerprint density at radius 3 is 2.48 bits per heavy atom. The fraction of sp³-hybridized carbons (Fsp3) is 0.444. The van der Waals surface area contributed by atoms with Crippen molar-refractivity contribution < 1.29 is 17.9 Å². The molecule has 1 aliphatic heterocycles. The first-order chi connectivity index (χ1) is 13.0. The zero-order valence-electron chi connectivity index (χ0n) is 15.2. The number of carbonyl (C=O) groups is 1. The highest BCUT2D eigenvalue weighted by atomic mass is 32.2. The zero-order chi connectivity index (χ0) is 19.3. The molecule has 9 heteroatoms. The molecule has 3 rings (SSSR count). The molecule has 0 saturated carbocycles. The van der Waals surface area contributed by atoms with Crippen molar-refractivity contribution in [3.63, 3.8) is 0 Å². The van der Waals surface area contributed by atoms with Gasteiger partial charge in [-0.2, -0.15) is 0 Å². The van der Waals surface area contributed by atoms with Crippen LogP contribution in [-0.4, -0.2) is 44.4 Å². The Hall–Kier alpha value is -2.13. The summed E-state index contributed by atoms with van der Waals surface area (Å²) in [6.07, 6.45) is 4.60. The molecule has 1 aromatic carbocycles. The van der Waals surface area contributed by atoms with E-state index in [9.17, 15) is 13.2 Å². The molecule has 1 fully saturated rings. The minimum absolute atomic E-state index is 0.0479. The lowest BCUT2D eigenvalue weighted by Crippen LogP contribution is -2.33. The van der Waals surface area contributed by atoms with Gasteiger partial charge in [0, 0.05) is 18.5 Å². The molecule has 1 N–H and O–H groups in total. The molecule has 0 unspecified atom stereocenters. The van der Waals surface area contributed by atoms with Crippen molar-refractivity contribution in [2.45, 2.75) is 37.0 Å². The van der Waals surface area contributed by atoms with Crippen molar-refractivity contribution in [2.75, 3.05) is 24.9 Å². The first-order valence-electron chi connectivity index (χ1n) is 8.87. The summed E-state index contributed by atoms with van der Waals surface area (Å²) in [7, 11) is -2.21. The predicted molar refractivity (Wildman–Crippen MR) is 105 cm³/mol. The molecule has 2 heterocycles. The van der Waals surface area contributed by atoms with Crippen LogP contribution >= 0.6 is 11.3 Å². The number of ether oxygens (including phenoxy) is 1. The van der Waals surface area contributed by atoms with Gasteiger partial charge >= 0.3 is 0 Å². The molecular formula is C18H23N3O4S2. The molecule has 27 heavy (non-hydrogen) atoms. The van der Waals surface area contributed by atoms with Gasteiger partial charge in [-0.3, -0.25) is 9.52 Å². The van der Waals surface area contributed by atoms with E-state index in [1.807, 2.05) is 4.90 Å². The number of rotatable bonds is 6. The minimum atomic E-state index is -3.73. The van der Waals surface area contributed by atoms with Crippen LogP contribution in [0.1, 0.15) is 31.4 Å². The van der Waals surface area contributed by atoms with Gasteiger partial charge < -0.3 is 9.64 Å². The number of nitrogens with one attached hydrogen (secondary N) is 1. The summed E-state index contributed by atoms with van der Waals surface area (Å²) in [5, 5.41) is 1.98. The van der Waals surface area contributed by atoms with Crippen LogP contribution in [0.5, 0.6) is 5.75 Å². The van der Waals surface area contributed by atoms with Crippen LogP contribution in [0, 0.1) is 0 Å². The highest BCUT2D eigenvalue weighted by molar-refractivity contribution is 7.93. The van der Waals surface area contributed by atoms with Crippen molar-refractivity contribution in [3.8, 4) is 5.75 Å². The van der Waals surface area contributed by atoms with Crippen LogP contribution in [0.4, 0.5) is 5.13 Å². The normalized spacial score (nSPS) is 15.2. The summed E-state index contributed by atoms with van der Waals surface area (Å²) in [5.74, 6) is 0.629. The SMILES string of the molecule is COc1ccc(S(=O)(=O)Nc2nc(CC(=O)N3CCCCCC3)cs2)cc1. The number of sulfonamides is 1. The Morgan fingerprint density at radius 1 is 1.19 bits per heavy atom. The van der Waals surface area contributed by atoms with E-state index in [0.717, 1.165) is 38.8 Å². The second-order valence-corrected chi connectivity index (χ2v) is 8.94. The van der Waals surface area contributed by atoms with E-state index in [2.05, 4.69) is 9.71 Å². The van der Waals surface area contributed by atoms with Crippen LogP contribution in [0.3, 0.4) is 0 Å². The molecule has 0 aliphatic carbocycles. The van der Waals surface area contributed by atoms with Crippen molar-refractivity contribution in [3.05, 3.63) is 35.3 Å². The largest absolute Gasteiger partial charge is 0.497 e. The number of aromatic nitrogens is 1. The minimum Gasteiger partial charge on any atom is -0.497 e. The number of nitrogens with zero attached hydrogens (tertiary/aromatic N) is 2. The maximum Gasteiger partial charge on any atom is 0.263 e. The van der Waals surface area contributed by atoms with Gasteiger partial charge in [0.25, 0.3) is 10.0 Å². The average Bonchev–Trinajstić information content (AvgIpc) is 2.92. The smallest absolute Gasteiger partial charge is 0.263 e. The second-order valence-electron chi connectivity index (χ2n) is 6.40. The molecule has 1 aliphatic rings. The standard InChI is InChI=1S/C18H23N3O4S2/c1-25-15-6-8-16(9-7-15)27(23,24)20-18-19-14(13-26-18)12-17(22)21-10-4-2-3-5-11-21/h6-9,13H,2-5,10-12H2,1H3,(H,19,20). The van der Waals surface area contributed by atoms with Gasteiger partial charge in [-0.15, -0.1) is 11.3 Å². The summed E-state index contributed by atoms with van der Waals surface area (Å²) < 4.78 is 32.4. The van der Waals surface area contributed by atoms with E-state index in [4.69, 9.17) is 4.74 Å². The number of thiazole rings is 1. The predicted octanol–water partition coefficient (Wildman–Crippen LogP) is 2.90. The first-order valence-corrected chi connectivity index (χ1v) is 11.2. The van der Waals surface area contributed by atoms with E-state index in [-0.39, 0.29) is 22.4 Å². The maximum atomic E-state index is 12.5. The van der Waals surface area contributed by atoms with E-state index in [0.29, 0.717) is 11.4 Å². The number of benzene rings is 1. The summed E-state index contributed by atoms with van der Waals surface area (Å²) >= 11 is 1.17. The fourth-order valence-electron chi connectivity index (χ4n) is 2.95. The van der Waals surface area contributed by atoms with Crippen molar-refractivity contribution in [1.82, 2.24) is 9.88 Å². The summed E-state index contributed by atoms with van der Waals surface area (Å²) in [6, 6.07) is 6.11. The molecule has 0 radical (unpaired) electrons. The third-order valence-corrected chi connectivity index (χ3v) is 6.72. The molecule has 0 bridgehead atoms. The number of amides is 1. The van der Waals surface area contributed by atoms with Crippen molar-refractivity contribution >= 4 is 32.4 Å². The zero-order valence-corrected chi connectivity index (χ0v) is 16.8. The number of carbonyl (C=O) groups excluding carboxylic acids is 1.